The number of oxazole rings is 1. The number of hydrogen-bond acceptors (Lipinski definition) is 6. The van der Waals surface area contributed by atoms with E-state index in [1.165, 1.54) is 42.6 Å². The van der Waals surface area contributed by atoms with Crippen LogP contribution in [0.4, 0.5) is 15.8 Å². The molecule has 0 unspecified atom stereocenters. The van der Waals surface area contributed by atoms with Gasteiger partial charge in [0.15, 0.2) is 5.58 Å². The number of halogens is 2. The number of aromatic nitrogens is 1. The van der Waals surface area contributed by atoms with E-state index in [2.05, 4.69) is 9.98 Å². The van der Waals surface area contributed by atoms with Gasteiger partial charge < -0.3 is 9.52 Å². The highest BCUT2D eigenvalue weighted by Crippen LogP contribution is 2.32. The van der Waals surface area contributed by atoms with Gasteiger partial charge in [-0.2, -0.15) is 0 Å². The van der Waals surface area contributed by atoms with Gasteiger partial charge in [0.05, 0.1) is 21.2 Å². The maximum Gasteiger partial charge on any atom is 0.270 e. The molecule has 0 amide bonds. The number of nitrogens with zero attached hydrogens (tertiary/aromatic N) is 3. The molecule has 0 atom stereocenters. The zero-order valence-corrected chi connectivity index (χ0v) is 15.3. The molecule has 4 rings (SSSR count). The van der Waals surface area contributed by atoms with Crippen LogP contribution >= 0.6 is 11.6 Å². The predicted octanol–water partition coefficient (Wildman–Crippen LogP) is 5.65. The minimum Gasteiger partial charge on any atom is -0.507 e. The summed E-state index contributed by atoms with van der Waals surface area (Å²) in [5, 5.41) is 20.9. The van der Waals surface area contributed by atoms with Crippen molar-refractivity contribution in [3.05, 3.63) is 81.1 Å². The van der Waals surface area contributed by atoms with Crippen molar-refractivity contribution in [2.24, 2.45) is 4.99 Å². The lowest BCUT2D eigenvalue weighted by Gasteiger charge is -1.99. The number of phenolic OH excluding ortho intramolecular Hbond substituents is 1. The van der Waals surface area contributed by atoms with Crippen molar-refractivity contribution < 1.29 is 18.8 Å². The molecule has 1 heterocycles. The highest BCUT2D eigenvalue weighted by Gasteiger charge is 2.13. The second-order valence-electron chi connectivity index (χ2n) is 6.05. The molecule has 144 valence electrons. The Balaban J connectivity index is 1.67. The average Bonchev–Trinajstić information content (AvgIpc) is 3.10. The van der Waals surface area contributed by atoms with Crippen LogP contribution in [0.3, 0.4) is 0 Å². The number of aliphatic imine (C=N–C) groups is 1. The number of benzene rings is 3. The van der Waals surface area contributed by atoms with Gasteiger partial charge in [0, 0.05) is 23.9 Å². The van der Waals surface area contributed by atoms with E-state index in [4.69, 9.17) is 16.0 Å². The monoisotopic (exact) mass is 411 g/mol. The summed E-state index contributed by atoms with van der Waals surface area (Å²) >= 11 is 6.06. The van der Waals surface area contributed by atoms with Crippen LogP contribution in [0.1, 0.15) is 5.56 Å². The molecule has 0 bridgehead atoms. The van der Waals surface area contributed by atoms with Gasteiger partial charge in [-0.15, -0.1) is 0 Å². The third-order valence-electron chi connectivity index (χ3n) is 4.11. The van der Waals surface area contributed by atoms with E-state index in [0.717, 1.165) is 0 Å². The van der Waals surface area contributed by atoms with E-state index >= 15 is 0 Å². The van der Waals surface area contributed by atoms with E-state index in [1.54, 1.807) is 18.2 Å². The Morgan fingerprint density at radius 2 is 2.00 bits per heavy atom. The topological polar surface area (TPSA) is 102 Å². The van der Waals surface area contributed by atoms with Gasteiger partial charge in [0.25, 0.3) is 5.69 Å². The molecule has 9 heteroatoms. The molecule has 29 heavy (non-hydrogen) atoms. The van der Waals surface area contributed by atoms with Crippen LogP contribution < -0.4 is 0 Å². The molecule has 0 aliphatic carbocycles. The number of phenols is 1. The molecule has 4 aromatic rings. The first-order valence-electron chi connectivity index (χ1n) is 8.28. The normalized spacial score (nSPS) is 11.4. The molecule has 0 fully saturated rings. The Morgan fingerprint density at radius 3 is 2.76 bits per heavy atom. The zero-order chi connectivity index (χ0) is 20.5. The summed E-state index contributed by atoms with van der Waals surface area (Å²) in [4.78, 5) is 18.9. The Hall–Kier alpha value is -3.78. The van der Waals surface area contributed by atoms with Gasteiger partial charge in [-0.05, 0) is 42.5 Å². The number of aromatic hydroxyl groups is 1. The number of nitro benzene ring substituents is 1. The quantitative estimate of drug-likeness (QED) is 0.265. The van der Waals surface area contributed by atoms with Crippen molar-refractivity contribution in [3.63, 3.8) is 0 Å². The Kier molecular flexibility index (Phi) is 4.69. The van der Waals surface area contributed by atoms with Gasteiger partial charge >= 0.3 is 0 Å². The number of nitro groups is 1. The van der Waals surface area contributed by atoms with E-state index in [-0.39, 0.29) is 27.9 Å². The summed E-state index contributed by atoms with van der Waals surface area (Å²) in [6.45, 7) is 0. The summed E-state index contributed by atoms with van der Waals surface area (Å²) in [6.07, 6.45) is 1.32. The van der Waals surface area contributed by atoms with E-state index in [0.29, 0.717) is 22.4 Å². The van der Waals surface area contributed by atoms with E-state index < -0.39 is 10.7 Å². The second-order valence-corrected chi connectivity index (χ2v) is 6.46. The smallest absolute Gasteiger partial charge is 0.270 e. The van der Waals surface area contributed by atoms with Crippen LogP contribution in [0.15, 0.2) is 64.0 Å². The van der Waals surface area contributed by atoms with Crippen LogP contribution in [0.5, 0.6) is 5.75 Å². The SMILES string of the molecule is O=[N+]([O-])c1ccc(O)c(C=Nc2ccc3oc(-c4ccc(F)cc4Cl)nc3c2)c1. The number of hydrogen-bond donors (Lipinski definition) is 1. The zero-order valence-electron chi connectivity index (χ0n) is 14.5. The highest BCUT2D eigenvalue weighted by atomic mass is 35.5. The fraction of sp³-hybridized carbons (Fsp3) is 0. The van der Waals surface area contributed by atoms with Crippen LogP contribution in [0.2, 0.25) is 5.02 Å². The minimum atomic E-state index is -0.555. The maximum absolute atomic E-state index is 13.2. The largest absolute Gasteiger partial charge is 0.507 e. The van der Waals surface area contributed by atoms with E-state index in [9.17, 15) is 19.6 Å². The fourth-order valence-electron chi connectivity index (χ4n) is 2.68. The Morgan fingerprint density at radius 1 is 1.17 bits per heavy atom. The number of non-ortho nitro benzene ring substituents is 1. The lowest BCUT2D eigenvalue weighted by molar-refractivity contribution is -0.384. The first-order valence-corrected chi connectivity index (χ1v) is 8.66. The summed E-state index contributed by atoms with van der Waals surface area (Å²) in [6, 6.07) is 12.5. The van der Waals surface area contributed by atoms with Crippen LogP contribution in [-0.2, 0) is 0 Å². The molecule has 0 saturated heterocycles. The van der Waals surface area contributed by atoms with Crippen molar-refractivity contribution in [1.29, 1.82) is 0 Å². The molecule has 7 nitrogen and oxygen atoms in total. The number of rotatable bonds is 4. The van der Waals surface area contributed by atoms with Gasteiger partial charge in [0.1, 0.15) is 17.1 Å². The maximum atomic E-state index is 13.2. The number of fused-ring (bicyclic) bond motifs is 1. The van der Waals surface area contributed by atoms with Crippen LogP contribution in [-0.4, -0.2) is 21.2 Å². The molecular formula is C20H11ClFN3O4. The average molecular weight is 412 g/mol. The van der Waals surface area contributed by atoms with Gasteiger partial charge in [-0.1, -0.05) is 11.6 Å². The van der Waals surface area contributed by atoms with Crippen LogP contribution in [0.25, 0.3) is 22.6 Å². The van der Waals surface area contributed by atoms with E-state index in [1.807, 2.05) is 0 Å². The Labute approximate surface area is 167 Å². The van der Waals surface area contributed by atoms with Crippen LogP contribution in [0, 0.1) is 15.9 Å². The third kappa shape index (κ3) is 3.78. The van der Waals surface area contributed by atoms with Crippen molar-refractivity contribution >= 4 is 40.3 Å². The predicted molar refractivity (Wildman–Crippen MR) is 106 cm³/mol. The van der Waals surface area contributed by atoms with Gasteiger partial charge in [-0.3, -0.25) is 15.1 Å². The fourth-order valence-corrected chi connectivity index (χ4v) is 2.93. The molecule has 0 spiro atoms. The second kappa shape index (κ2) is 7.33. The highest BCUT2D eigenvalue weighted by molar-refractivity contribution is 6.33. The standard InChI is InChI=1S/C20H11ClFN3O4/c21-16-8-12(22)1-4-15(16)20-24-17-9-13(2-6-19(17)29-20)23-10-11-7-14(25(27)28)3-5-18(11)26/h1-10,26H. The van der Waals surface area contributed by atoms with Gasteiger partial charge in [-0.25, -0.2) is 9.37 Å². The van der Waals surface area contributed by atoms with Crippen molar-refractivity contribution in [2.45, 2.75) is 0 Å². The molecule has 0 aliphatic rings. The first kappa shape index (κ1) is 18.6. The molecule has 1 N–H and O–H groups in total. The van der Waals surface area contributed by atoms with Gasteiger partial charge in [0.2, 0.25) is 5.89 Å². The third-order valence-corrected chi connectivity index (χ3v) is 4.42. The summed E-state index contributed by atoms with van der Waals surface area (Å²) in [5.74, 6) is -0.353. The first-order chi connectivity index (χ1) is 13.9. The van der Waals surface area contributed by atoms with Crippen molar-refractivity contribution in [3.8, 4) is 17.2 Å². The minimum absolute atomic E-state index is 0.130. The Bertz CT molecular complexity index is 1290. The summed E-state index contributed by atoms with van der Waals surface area (Å²) < 4.78 is 18.9. The summed E-state index contributed by atoms with van der Waals surface area (Å²) in [7, 11) is 0. The summed E-state index contributed by atoms with van der Waals surface area (Å²) in [5.41, 5.74) is 1.98. The molecule has 1 aromatic heterocycles. The molecule has 3 aromatic carbocycles. The molecule has 0 aliphatic heterocycles. The lowest BCUT2D eigenvalue weighted by atomic mass is 10.2. The van der Waals surface area contributed by atoms with Crippen molar-refractivity contribution in [2.75, 3.05) is 0 Å². The molecular weight excluding hydrogens is 401 g/mol. The lowest BCUT2D eigenvalue weighted by Crippen LogP contribution is -1.90. The van der Waals surface area contributed by atoms with Crippen molar-refractivity contribution in [1.82, 2.24) is 4.98 Å². The molecule has 0 radical (unpaired) electrons. The molecule has 0 saturated carbocycles.